The van der Waals surface area contributed by atoms with Crippen LogP contribution in [0.15, 0.2) is 24.3 Å². The van der Waals surface area contributed by atoms with Crippen LogP contribution in [0.25, 0.3) is 0 Å². The number of hydrogen-bond acceptors (Lipinski definition) is 6. The fraction of sp³-hybridized carbons (Fsp3) is 0.583. The number of nitrogens with one attached hydrogen (secondary N) is 1. The third kappa shape index (κ3) is 5.59. The molecule has 1 aromatic rings. The number of hydrogen-bond donors (Lipinski definition) is 2. The zero-order valence-corrected chi connectivity index (χ0v) is 19.0. The second-order valence-corrected chi connectivity index (χ2v) is 9.22. The number of rotatable bonds is 9. The van der Waals surface area contributed by atoms with Crippen molar-refractivity contribution < 1.29 is 19.2 Å². The monoisotopic (exact) mass is 455 g/mol. The van der Waals surface area contributed by atoms with Crippen LogP contribution >= 0.6 is 0 Å². The van der Waals surface area contributed by atoms with Gasteiger partial charge in [-0.25, -0.2) is 0 Å². The summed E-state index contributed by atoms with van der Waals surface area (Å²) in [5.74, 6) is -0.420. The van der Waals surface area contributed by atoms with Gasteiger partial charge in [-0.2, -0.15) is 0 Å². The molecule has 0 aromatic heterocycles. The summed E-state index contributed by atoms with van der Waals surface area (Å²) in [7, 11) is 0. The molecule has 0 saturated carbocycles. The summed E-state index contributed by atoms with van der Waals surface area (Å²) in [5, 5.41) is 3.24. The zero-order chi connectivity index (χ0) is 23.4. The van der Waals surface area contributed by atoms with Crippen LogP contribution in [0.1, 0.15) is 44.1 Å². The molecule has 9 heteroatoms. The molecule has 3 aliphatic rings. The molecule has 3 heterocycles. The van der Waals surface area contributed by atoms with Crippen molar-refractivity contribution in [3.05, 3.63) is 29.8 Å². The van der Waals surface area contributed by atoms with E-state index in [1.807, 2.05) is 24.3 Å². The highest BCUT2D eigenvalue weighted by atomic mass is 16.2. The molecule has 0 radical (unpaired) electrons. The maximum absolute atomic E-state index is 12.8. The van der Waals surface area contributed by atoms with E-state index in [1.54, 1.807) is 4.90 Å². The Morgan fingerprint density at radius 2 is 1.76 bits per heavy atom. The molecule has 0 bridgehead atoms. The molecule has 4 amide bonds. The van der Waals surface area contributed by atoms with Crippen LogP contribution in [0.3, 0.4) is 0 Å². The van der Waals surface area contributed by atoms with Gasteiger partial charge in [-0.1, -0.05) is 12.1 Å². The number of anilines is 1. The van der Waals surface area contributed by atoms with E-state index in [0.29, 0.717) is 13.0 Å². The number of likely N-dealkylation sites (tertiary alicyclic amines) is 2. The van der Waals surface area contributed by atoms with Gasteiger partial charge in [0.25, 0.3) is 0 Å². The average molecular weight is 456 g/mol. The smallest absolute Gasteiger partial charge is 0.247 e. The third-order valence-electron chi connectivity index (χ3n) is 6.94. The lowest BCUT2D eigenvalue weighted by Gasteiger charge is -2.30. The van der Waals surface area contributed by atoms with Crippen molar-refractivity contribution in [2.75, 3.05) is 37.6 Å². The van der Waals surface area contributed by atoms with Crippen molar-refractivity contribution >= 4 is 29.3 Å². The Kier molecular flexibility index (Phi) is 7.39. The van der Waals surface area contributed by atoms with Gasteiger partial charge in [-0.05, 0) is 69.6 Å². The molecular formula is C24H33N5O4. The largest absolute Gasteiger partial charge is 0.369 e. The van der Waals surface area contributed by atoms with Crippen LogP contribution in [0, 0.1) is 5.92 Å². The van der Waals surface area contributed by atoms with Gasteiger partial charge in [0.1, 0.15) is 0 Å². The first-order chi connectivity index (χ1) is 15.9. The maximum Gasteiger partial charge on any atom is 0.247 e. The Morgan fingerprint density at radius 1 is 1.03 bits per heavy atom. The molecule has 0 aliphatic carbocycles. The third-order valence-corrected chi connectivity index (χ3v) is 6.94. The number of benzene rings is 1. The summed E-state index contributed by atoms with van der Waals surface area (Å²) in [6.07, 6.45) is 4.13. The van der Waals surface area contributed by atoms with E-state index in [9.17, 15) is 19.2 Å². The fourth-order valence-electron chi connectivity index (χ4n) is 4.91. The number of carbonyl (C=O) groups is 4. The minimum atomic E-state index is -0.473. The van der Waals surface area contributed by atoms with Crippen molar-refractivity contribution in [2.24, 2.45) is 11.7 Å². The molecule has 3 fully saturated rings. The molecule has 3 N–H and O–H groups in total. The molecular weight excluding hydrogens is 422 g/mol. The highest BCUT2D eigenvalue weighted by Crippen LogP contribution is 2.23. The highest BCUT2D eigenvalue weighted by Gasteiger charge is 2.38. The Morgan fingerprint density at radius 3 is 2.39 bits per heavy atom. The van der Waals surface area contributed by atoms with Crippen molar-refractivity contribution in [3.63, 3.8) is 0 Å². The lowest BCUT2D eigenvalue weighted by atomic mass is 9.96. The van der Waals surface area contributed by atoms with Gasteiger partial charge in [-0.15, -0.1) is 0 Å². The highest BCUT2D eigenvalue weighted by molar-refractivity contribution is 6.05. The summed E-state index contributed by atoms with van der Waals surface area (Å²) in [6.45, 7) is 4.27. The van der Waals surface area contributed by atoms with E-state index < -0.39 is 6.04 Å². The van der Waals surface area contributed by atoms with E-state index >= 15 is 0 Å². The number of amides is 4. The molecule has 9 nitrogen and oxygen atoms in total. The van der Waals surface area contributed by atoms with Crippen LogP contribution in [0.5, 0.6) is 0 Å². The molecule has 4 rings (SSSR count). The second kappa shape index (κ2) is 10.4. The number of carbonyl (C=O) groups excluding carboxylic acids is 4. The van der Waals surface area contributed by atoms with E-state index in [-0.39, 0.29) is 42.5 Å². The topological polar surface area (TPSA) is 116 Å². The zero-order valence-electron chi connectivity index (χ0n) is 19.0. The summed E-state index contributed by atoms with van der Waals surface area (Å²) in [6, 6.07) is 7.05. The first-order valence-corrected chi connectivity index (χ1v) is 11.9. The summed E-state index contributed by atoms with van der Waals surface area (Å²) >= 11 is 0. The number of piperidine rings is 1. The lowest BCUT2D eigenvalue weighted by molar-refractivity contribution is -0.139. The van der Waals surface area contributed by atoms with Crippen molar-refractivity contribution in [1.82, 2.24) is 15.1 Å². The summed E-state index contributed by atoms with van der Waals surface area (Å²) < 4.78 is 0. The molecule has 178 valence electrons. The van der Waals surface area contributed by atoms with Crippen LogP contribution in [-0.2, 0) is 25.7 Å². The quantitative estimate of drug-likeness (QED) is 0.417. The first-order valence-electron chi connectivity index (χ1n) is 11.9. The van der Waals surface area contributed by atoms with Gasteiger partial charge in [0.2, 0.25) is 23.6 Å². The fourth-order valence-corrected chi connectivity index (χ4v) is 4.91. The Balaban J connectivity index is 1.20. The van der Waals surface area contributed by atoms with Gasteiger partial charge in [0.05, 0.1) is 19.0 Å². The molecule has 3 saturated heterocycles. The first kappa shape index (κ1) is 23.4. The van der Waals surface area contributed by atoms with Crippen LogP contribution in [-0.4, -0.2) is 72.2 Å². The second-order valence-electron chi connectivity index (χ2n) is 9.22. The molecule has 0 spiro atoms. The molecule has 3 aliphatic heterocycles. The van der Waals surface area contributed by atoms with Gasteiger partial charge >= 0.3 is 0 Å². The number of imide groups is 1. The van der Waals surface area contributed by atoms with E-state index in [1.165, 1.54) is 4.90 Å². The average Bonchev–Trinajstić information content (AvgIpc) is 3.35. The van der Waals surface area contributed by atoms with E-state index in [2.05, 4.69) is 10.2 Å². The van der Waals surface area contributed by atoms with Crippen LogP contribution < -0.4 is 16.0 Å². The Hall–Kier alpha value is -2.78. The molecule has 33 heavy (non-hydrogen) atoms. The minimum Gasteiger partial charge on any atom is -0.369 e. The minimum absolute atomic E-state index is 0.00797. The summed E-state index contributed by atoms with van der Waals surface area (Å²) in [4.78, 5) is 53.8. The van der Waals surface area contributed by atoms with Crippen molar-refractivity contribution in [2.45, 2.75) is 51.1 Å². The van der Waals surface area contributed by atoms with E-state index in [0.717, 1.165) is 63.1 Å². The van der Waals surface area contributed by atoms with Gasteiger partial charge < -0.3 is 20.9 Å². The van der Waals surface area contributed by atoms with Crippen molar-refractivity contribution in [1.29, 1.82) is 0 Å². The van der Waals surface area contributed by atoms with Gasteiger partial charge in [0, 0.05) is 24.6 Å². The number of nitrogens with zero attached hydrogens (tertiary/aromatic N) is 3. The molecule has 0 unspecified atom stereocenters. The SMILES string of the molecule is NC(=O)C1CCN(CCCN[C@H]2CC(=O)N(Cc3ccc(N4CCCC4=O)cc3)C2=O)CC1. The van der Waals surface area contributed by atoms with E-state index in [4.69, 9.17) is 5.73 Å². The number of primary amides is 1. The van der Waals surface area contributed by atoms with Gasteiger partial charge in [0.15, 0.2) is 0 Å². The van der Waals surface area contributed by atoms with Crippen LogP contribution in [0.4, 0.5) is 5.69 Å². The summed E-state index contributed by atoms with van der Waals surface area (Å²) in [5.41, 5.74) is 7.11. The molecule has 1 aromatic carbocycles. The number of nitrogens with two attached hydrogens (primary N) is 1. The lowest BCUT2D eigenvalue weighted by Crippen LogP contribution is -2.41. The van der Waals surface area contributed by atoms with Crippen molar-refractivity contribution in [3.8, 4) is 0 Å². The normalized spacial score (nSPS) is 22.5. The van der Waals surface area contributed by atoms with Gasteiger partial charge in [-0.3, -0.25) is 24.1 Å². The standard InChI is InChI=1S/C24H33N5O4/c25-23(32)18-8-13-27(14-9-18)11-2-10-26-20-15-22(31)29(24(20)33)16-17-4-6-19(7-5-17)28-12-1-3-21(28)30/h4-7,18,20,26H,1-3,8-16H2,(H2,25,32)/t20-/m0/s1. The maximum atomic E-state index is 12.8. The van der Waals surface area contributed by atoms with Crippen LogP contribution in [0.2, 0.25) is 0 Å². The Labute approximate surface area is 194 Å². The molecule has 1 atom stereocenters. The predicted molar refractivity (Wildman–Crippen MR) is 123 cm³/mol. The predicted octanol–water partition coefficient (Wildman–Crippen LogP) is 0.618. The Bertz CT molecular complexity index is 895.